The van der Waals surface area contributed by atoms with E-state index in [0.717, 1.165) is 24.0 Å². The number of benzene rings is 2. The normalized spacial score (nSPS) is 18.7. The third-order valence-corrected chi connectivity index (χ3v) is 5.57. The van der Waals surface area contributed by atoms with Gasteiger partial charge >= 0.3 is 0 Å². The highest BCUT2D eigenvalue weighted by atomic mass is 79.9. The predicted octanol–water partition coefficient (Wildman–Crippen LogP) is 4.73. The molecule has 0 bridgehead atoms. The van der Waals surface area contributed by atoms with Crippen LogP contribution in [0.2, 0.25) is 0 Å². The summed E-state index contributed by atoms with van der Waals surface area (Å²) < 4.78 is 1.15. The van der Waals surface area contributed by atoms with E-state index >= 15 is 0 Å². The van der Waals surface area contributed by atoms with Crippen LogP contribution in [-0.4, -0.2) is 37.1 Å². The Bertz CT molecular complexity index is 639. The zero-order valence-electron chi connectivity index (χ0n) is 14.5. The summed E-state index contributed by atoms with van der Waals surface area (Å²) in [6, 6.07) is 18.1. The largest absolute Gasteiger partial charge is 0.314 e. The van der Waals surface area contributed by atoms with Gasteiger partial charge in [0, 0.05) is 30.1 Å². The van der Waals surface area contributed by atoms with Gasteiger partial charge in [0.25, 0.3) is 0 Å². The highest BCUT2D eigenvalue weighted by Crippen LogP contribution is 2.28. The molecule has 2 aromatic carbocycles. The van der Waals surface area contributed by atoms with Crippen LogP contribution in [0.25, 0.3) is 11.1 Å². The number of halogens is 1. The van der Waals surface area contributed by atoms with Crippen molar-refractivity contribution < 1.29 is 0 Å². The Morgan fingerprint density at radius 2 is 1.92 bits per heavy atom. The summed E-state index contributed by atoms with van der Waals surface area (Å²) in [5.74, 6) is 0. The van der Waals surface area contributed by atoms with E-state index in [0.29, 0.717) is 6.04 Å². The minimum absolute atomic E-state index is 0.625. The van der Waals surface area contributed by atoms with Gasteiger partial charge in [0.1, 0.15) is 0 Å². The quantitative estimate of drug-likeness (QED) is 0.771. The minimum atomic E-state index is 0.625. The molecule has 128 valence electrons. The van der Waals surface area contributed by atoms with Gasteiger partial charge in [-0.05, 0) is 42.1 Å². The van der Waals surface area contributed by atoms with Crippen LogP contribution >= 0.6 is 15.9 Å². The maximum atomic E-state index is 3.65. The van der Waals surface area contributed by atoms with E-state index in [-0.39, 0.29) is 0 Å². The first kappa shape index (κ1) is 17.7. The Labute approximate surface area is 154 Å². The summed E-state index contributed by atoms with van der Waals surface area (Å²) in [7, 11) is 0. The molecule has 0 amide bonds. The van der Waals surface area contributed by atoms with Gasteiger partial charge in [-0.3, -0.25) is 4.90 Å². The van der Waals surface area contributed by atoms with Crippen LogP contribution in [-0.2, 0) is 6.42 Å². The molecule has 1 saturated heterocycles. The Hall–Kier alpha value is -1.16. The molecule has 3 heteroatoms. The van der Waals surface area contributed by atoms with Crippen LogP contribution in [0.15, 0.2) is 53.0 Å². The van der Waals surface area contributed by atoms with Gasteiger partial charge in [-0.2, -0.15) is 0 Å². The van der Waals surface area contributed by atoms with Gasteiger partial charge in [-0.25, -0.2) is 0 Å². The molecule has 1 aliphatic rings. The van der Waals surface area contributed by atoms with E-state index in [4.69, 9.17) is 0 Å². The molecule has 2 aromatic rings. The van der Waals surface area contributed by atoms with Crippen molar-refractivity contribution in [2.24, 2.45) is 0 Å². The topological polar surface area (TPSA) is 15.3 Å². The van der Waals surface area contributed by atoms with Gasteiger partial charge in [-0.15, -0.1) is 0 Å². The van der Waals surface area contributed by atoms with Crippen molar-refractivity contribution in [3.05, 3.63) is 58.6 Å². The summed E-state index contributed by atoms with van der Waals surface area (Å²) in [5, 5.41) is 3.56. The zero-order valence-corrected chi connectivity index (χ0v) is 16.1. The third-order valence-electron chi connectivity index (χ3n) is 4.88. The number of piperazine rings is 1. The zero-order chi connectivity index (χ0) is 16.8. The van der Waals surface area contributed by atoms with Crippen LogP contribution < -0.4 is 5.32 Å². The van der Waals surface area contributed by atoms with E-state index in [1.54, 1.807) is 0 Å². The van der Waals surface area contributed by atoms with Crippen molar-refractivity contribution in [3.63, 3.8) is 0 Å². The van der Waals surface area contributed by atoms with Gasteiger partial charge in [-0.1, -0.05) is 71.7 Å². The molecule has 0 radical (unpaired) electrons. The Balaban J connectivity index is 1.68. The number of unbranched alkanes of at least 4 members (excludes halogenated alkanes) is 1. The average molecular weight is 387 g/mol. The molecule has 3 rings (SSSR count). The number of nitrogens with zero attached hydrogens (tertiary/aromatic N) is 1. The van der Waals surface area contributed by atoms with Crippen molar-refractivity contribution in [1.82, 2.24) is 10.2 Å². The van der Waals surface area contributed by atoms with E-state index in [1.807, 2.05) is 0 Å². The van der Waals surface area contributed by atoms with Crippen molar-refractivity contribution >= 4 is 15.9 Å². The smallest absolute Gasteiger partial charge is 0.0261 e. The summed E-state index contributed by atoms with van der Waals surface area (Å²) in [6.45, 7) is 6.92. The molecule has 1 fully saturated rings. The first-order chi connectivity index (χ1) is 11.8. The summed E-state index contributed by atoms with van der Waals surface area (Å²) in [4.78, 5) is 2.67. The van der Waals surface area contributed by atoms with Crippen molar-refractivity contribution in [3.8, 4) is 11.1 Å². The van der Waals surface area contributed by atoms with Crippen molar-refractivity contribution in [1.29, 1.82) is 0 Å². The first-order valence-electron chi connectivity index (χ1n) is 9.06. The average Bonchev–Trinajstić information content (AvgIpc) is 2.62. The second-order valence-corrected chi connectivity index (χ2v) is 7.48. The lowest BCUT2D eigenvalue weighted by Gasteiger charge is -2.36. The summed E-state index contributed by atoms with van der Waals surface area (Å²) >= 11 is 3.65. The molecule has 0 spiro atoms. The molecule has 0 aliphatic carbocycles. The van der Waals surface area contributed by atoms with Crippen molar-refractivity contribution in [2.45, 2.75) is 32.2 Å². The number of rotatable bonds is 6. The molecule has 24 heavy (non-hydrogen) atoms. The molecule has 0 saturated carbocycles. The second kappa shape index (κ2) is 8.80. The minimum Gasteiger partial charge on any atom is -0.314 e. The molecular formula is C21H27BrN2. The Morgan fingerprint density at radius 3 is 2.67 bits per heavy atom. The lowest BCUT2D eigenvalue weighted by molar-refractivity contribution is 0.158. The molecule has 1 heterocycles. The maximum Gasteiger partial charge on any atom is 0.0261 e. The van der Waals surface area contributed by atoms with E-state index in [2.05, 4.69) is 81.6 Å². The Kier molecular flexibility index (Phi) is 6.47. The summed E-state index contributed by atoms with van der Waals surface area (Å²) in [6.07, 6.45) is 3.71. The second-order valence-electron chi connectivity index (χ2n) is 6.63. The third kappa shape index (κ3) is 4.47. The van der Waals surface area contributed by atoms with Gasteiger partial charge < -0.3 is 5.32 Å². The fourth-order valence-electron chi connectivity index (χ4n) is 3.45. The molecule has 1 unspecified atom stereocenters. The molecule has 1 N–H and O–H groups in total. The van der Waals surface area contributed by atoms with Crippen LogP contribution in [0.1, 0.15) is 25.3 Å². The van der Waals surface area contributed by atoms with Crippen LogP contribution in [0.5, 0.6) is 0 Å². The SMILES string of the molecule is CCCCN1CCNCC1Cc1ccc(-c2ccccc2Br)cc1. The molecular weight excluding hydrogens is 360 g/mol. The standard InChI is InChI=1S/C21H27BrN2/c1-2-3-13-24-14-12-23-16-19(24)15-17-8-10-18(11-9-17)20-6-4-5-7-21(20)22/h4-11,19,23H,2-3,12-16H2,1H3. The number of hydrogen-bond acceptors (Lipinski definition) is 2. The lowest BCUT2D eigenvalue weighted by Crippen LogP contribution is -2.52. The number of hydrogen-bond donors (Lipinski definition) is 1. The van der Waals surface area contributed by atoms with Gasteiger partial charge in [0.05, 0.1) is 0 Å². The maximum absolute atomic E-state index is 3.65. The number of nitrogens with one attached hydrogen (secondary N) is 1. The van der Waals surface area contributed by atoms with Crippen LogP contribution in [0.4, 0.5) is 0 Å². The fraction of sp³-hybridized carbons (Fsp3) is 0.429. The van der Waals surface area contributed by atoms with E-state index < -0.39 is 0 Å². The summed E-state index contributed by atoms with van der Waals surface area (Å²) in [5.41, 5.74) is 3.96. The monoisotopic (exact) mass is 386 g/mol. The van der Waals surface area contributed by atoms with E-state index in [1.165, 1.54) is 42.6 Å². The molecule has 0 aromatic heterocycles. The van der Waals surface area contributed by atoms with E-state index in [9.17, 15) is 0 Å². The first-order valence-corrected chi connectivity index (χ1v) is 9.86. The Morgan fingerprint density at radius 1 is 1.12 bits per heavy atom. The fourth-order valence-corrected chi connectivity index (χ4v) is 3.96. The molecule has 2 nitrogen and oxygen atoms in total. The van der Waals surface area contributed by atoms with Gasteiger partial charge in [0.15, 0.2) is 0 Å². The predicted molar refractivity (Wildman–Crippen MR) is 106 cm³/mol. The lowest BCUT2D eigenvalue weighted by atomic mass is 9.99. The highest BCUT2D eigenvalue weighted by molar-refractivity contribution is 9.10. The molecule has 1 atom stereocenters. The molecule has 1 aliphatic heterocycles. The van der Waals surface area contributed by atoms with Crippen molar-refractivity contribution in [2.75, 3.05) is 26.2 Å². The van der Waals surface area contributed by atoms with Crippen LogP contribution in [0.3, 0.4) is 0 Å². The van der Waals surface area contributed by atoms with Gasteiger partial charge in [0.2, 0.25) is 0 Å². The highest BCUT2D eigenvalue weighted by Gasteiger charge is 2.21. The van der Waals surface area contributed by atoms with Crippen LogP contribution in [0, 0.1) is 0 Å².